The number of sulfonamides is 1. The smallest absolute Gasteiger partial charge is 0.271 e. The fraction of sp³-hybridized carbons (Fsp3) is 0.355. The molecule has 3 aromatic rings. The second kappa shape index (κ2) is 14.1. The number of nitrogens with one attached hydrogen (secondary N) is 1. The van der Waals surface area contributed by atoms with Gasteiger partial charge in [-0.25, -0.2) is 8.42 Å². The van der Waals surface area contributed by atoms with E-state index in [2.05, 4.69) is 5.32 Å². The van der Waals surface area contributed by atoms with E-state index in [1.54, 1.807) is 49.4 Å². The van der Waals surface area contributed by atoms with E-state index in [0.717, 1.165) is 36.1 Å². The number of nitrogens with zero attached hydrogens (tertiary/aromatic N) is 3. The quantitative estimate of drug-likeness (QED) is 0.220. The molecule has 0 saturated heterocycles. The standard InChI is InChI=1S/C31H36N4O7S/c1-3-29(31(37)32-24-12-7-8-13-24)33(21-23-11-9-16-27(19-23)42-2)30(36)22-34(25-14-10-15-26(20-25)35(38)39)43(40,41)28-17-5-4-6-18-28/h4-6,9-11,14-20,24,29H,3,7-8,12-13,21-22H2,1-2H3,(H,32,37)/t29-/m0/s1. The van der Waals surface area contributed by atoms with E-state index in [1.807, 2.05) is 0 Å². The highest BCUT2D eigenvalue weighted by Gasteiger charge is 2.35. The summed E-state index contributed by atoms with van der Waals surface area (Å²) >= 11 is 0. The monoisotopic (exact) mass is 608 g/mol. The minimum absolute atomic E-state index is 0.0147. The Morgan fingerprint density at radius 2 is 1.72 bits per heavy atom. The average molecular weight is 609 g/mol. The first-order chi connectivity index (χ1) is 20.6. The molecule has 1 atom stereocenters. The second-order valence-corrected chi connectivity index (χ2v) is 12.3. The molecule has 0 aromatic heterocycles. The van der Waals surface area contributed by atoms with Gasteiger partial charge in [0.25, 0.3) is 15.7 Å². The fourth-order valence-corrected chi connectivity index (χ4v) is 6.69. The summed E-state index contributed by atoms with van der Waals surface area (Å²) in [5.74, 6) is -0.376. The van der Waals surface area contributed by atoms with Gasteiger partial charge < -0.3 is 15.0 Å². The molecule has 0 aliphatic heterocycles. The summed E-state index contributed by atoms with van der Waals surface area (Å²) in [5, 5.41) is 14.6. The van der Waals surface area contributed by atoms with Gasteiger partial charge in [0.1, 0.15) is 18.3 Å². The highest BCUT2D eigenvalue weighted by molar-refractivity contribution is 7.92. The Hall–Kier alpha value is -4.45. The van der Waals surface area contributed by atoms with Crippen LogP contribution in [0.1, 0.15) is 44.6 Å². The van der Waals surface area contributed by atoms with E-state index in [9.17, 15) is 28.1 Å². The molecule has 0 radical (unpaired) electrons. The van der Waals surface area contributed by atoms with Crippen molar-refractivity contribution in [2.75, 3.05) is 18.0 Å². The molecule has 2 amide bonds. The average Bonchev–Trinajstić information content (AvgIpc) is 3.53. The van der Waals surface area contributed by atoms with Gasteiger partial charge in [0.05, 0.1) is 22.6 Å². The summed E-state index contributed by atoms with van der Waals surface area (Å²) in [4.78, 5) is 39.9. The third kappa shape index (κ3) is 7.69. The molecule has 12 heteroatoms. The van der Waals surface area contributed by atoms with E-state index in [4.69, 9.17) is 4.74 Å². The van der Waals surface area contributed by atoms with Crippen LogP contribution in [0.5, 0.6) is 5.75 Å². The number of non-ortho nitro benzene ring substituents is 1. The summed E-state index contributed by atoms with van der Waals surface area (Å²) in [6, 6.07) is 18.9. The highest BCUT2D eigenvalue weighted by Crippen LogP contribution is 2.28. The Labute approximate surface area is 251 Å². The molecular formula is C31H36N4O7S. The van der Waals surface area contributed by atoms with Gasteiger partial charge >= 0.3 is 0 Å². The zero-order valence-corrected chi connectivity index (χ0v) is 25.0. The van der Waals surface area contributed by atoms with Gasteiger partial charge in [-0.15, -0.1) is 0 Å². The van der Waals surface area contributed by atoms with E-state index < -0.39 is 33.4 Å². The lowest BCUT2D eigenvalue weighted by Crippen LogP contribution is -2.53. The Kier molecular flexibility index (Phi) is 10.4. The maximum atomic E-state index is 14.2. The number of amides is 2. The van der Waals surface area contributed by atoms with E-state index in [-0.39, 0.29) is 41.2 Å². The topological polar surface area (TPSA) is 139 Å². The van der Waals surface area contributed by atoms with Crippen molar-refractivity contribution in [1.82, 2.24) is 10.2 Å². The van der Waals surface area contributed by atoms with Crippen molar-refractivity contribution in [3.63, 3.8) is 0 Å². The Bertz CT molecular complexity index is 1540. The van der Waals surface area contributed by atoms with Crippen molar-refractivity contribution in [3.05, 3.63) is 94.5 Å². The van der Waals surface area contributed by atoms with E-state index in [0.29, 0.717) is 11.3 Å². The predicted molar refractivity (Wildman–Crippen MR) is 162 cm³/mol. The maximum Gasteiger partial charge on any atom is 0.271 e. The molecule has 1 saturated carbocycles. The van der Waals surface area contributed by atoms with Crippen LogP contribution >= 0.6 is 0 Å². The molecule has 0 heterocycles. The molecule has 3 aromatic carbocycles. The molecule has 0 bridgehead atoms. The zero-order chi connectivity index (χ0) is 31.0. The highest BCUT2D eigenvalue weighted by atomic mass is 32.2. The maximum absolute atomic E-state index is 14.2. The number of hydrogen-bond acceptors (Lipinski definition) is 7. The van der Waals surface area contributed by atoms with E-state index >= 15 is 0 Å². The molecule has 0 unspecified atom stereocenters. The third-order valence-corrected chi connectivity index (χ3v) is 9.30. The van der Waals surface area contributed by atoms with Gasteiger partial charge in [0.2, 0.25) is 11.8 Å². The summed E-state index contributed by atoms with van der Waals surface area (Å²) in [5.41, 5.74) is 0.317. The molecule has 1 aliphatic rings. The third-order valence-electron chi connectivity index (χ3n) is 7.51. The molecule has 1 aliphatic carbocycles. The van der Waals surface area contributed by atoms with Crippen LogP contribution in [0, 0.1) is 10.1 Å². The Morgan fingerprint density at radius 1 is 1.02 bits per heavy atom. The van der Waals surface area contributed by atoms with Crippen molar-refractivity contribution in [2.24, 2.45) is 0 Å². The molecule has 4 rings (SSSR count). The van der Waals surface area contributed by atoms with E-state index in [1.165, 1.54) is 42.3 Å². The van der Waals surface area contributed by atoms with Crippen LogP contribution < -0.4 is 14.4 Å². The largest absolute Gasteiger partial charge is 0.497 e. The zero-order valence-electron chi connectivity index (χ0n) is 24.2. The molecule has 43 heavy (non-hydrogen) atoms. The van der Waals surface area contributed by atoms with Gasteiger partial charge in [-0.3, -0.25) is 24.0 Å². The number of hydrogen-bond donors (Lipinski definition) is 1. The number of benzene rings is 3. The van der Waals surface area contributed by atoms with Crippen LogP contribution in [-0.4, -0.2) is 55.8 Å². The number of methoxy groups -OCH3 is 1. The number of nitro groups is 1. The lowest BCUT2D eigenvalue weighted by molar-refractivity contribution is -0.384. The number of ether oxygens (including phenoxy) is 1. The Balaban J connectivity index is 1.74. The molecule has 1 fully saturated rings. The summed E-state index contributed by atoms with van der Waals surface area (Å²) in [7, 11) is -2.81. The number of carbonyl (C=O) groups is 2. The van der Waals surface area contributed by atoms with Crippen molar-refractivity contribution in [3.8, 4) is 5.75 Å². The lowest BCUT2D eigenvalue weighted by Gasteiger charge is -2.33. The number of rotatable bonds is 13. The number of nitro benzene ring substituents is 1. The predicted octanol–water partition coefficient (Wildman–Crippen LogP) is 4.66. The fourth-order valence-electron chi connectivity index (χ4n) is 5.26. The van der Waals surface area contributed by atoms with Crippen LogP contribution in [0.4, 0.5) is 11.4 Å². The molecule has 11 nitrogen and oxygen atoms in total. The van der Waals surface area contributed by atoms with Gasteiger partial charge in [-0.1, -0.05) is 56.2 Å². The minimum Gasteiger partial charge on any atom is -0.497 e. The first-order valence-electron chi connectivity index (χ1n) is 14.2. The van der Waals surface area contributed by atoms with Gasteiger partial charge in [0, 0.05) is 24.7 Å². The second-order valence-electron chi connectivity index (χ2n) is 10.4. The first-order valence-corrected chi connectivity index (χ1v) is 15.6. The molecule has 0 spiro atoms. The number of carbonyl (C=O) groups excluding carboxylic acids is 2. The van der Waals surface area contributed by atoms with Crippen LogP contribution in [0.2, 0.25) is 0 Å². The summed E-state index contributed by atoms with van der Waals surface area (Å²) in [6.45, 7) is 1.13. The Morgan fingerprint density at radius 3 is 2.37 bits per heavy atom. The molecule has 1 N–H and O–H groups in total. The lowest BCUT2D eigenvalue weighted by atomic mass is 10.1. The first kappa shape index (κ1) is 31.5. The SMILES string of the molecule is CC[C@@H](C(=O)NC1CCCC1)N(Cc1cccc(OC)c1)C(=O)CN(c1cccc([N+](=O)[O-])c1)S(=O)(=O)c1ccccc1. The van der Waals surface area contributed by atoms with Crippen molar-refractivity contribution < 1.29 is 27.7 Å². The molecule has 228 valence electrons. The summed E-state index contributed by atoms with van der Waals surface area (Å²) in [6.07, 6.45) is 4.05. The van der Waals surface area contributed by atoms with Gasteiger partial charge in [0.15, 0.2) is 0 Å². The molecular weight excluding hydrogens is 572 g/mol. The van der Waals surface area contributed by atoms with Crippen molar-refractivity contribution >= 4 is 33.2 Å². The number of anilines is 1. The van der Waals surface area contributed by atoms with Crippen LogP contribution in [-0.2, 0) is 26.2 Å². The van der Waals surface area contributed by atoms with Gasteiger partial charge in [-0.2, -0.15) is 0 Å². The van der Waals surface area contributed by atoms with Crippen LogP contribution in [0.3, 0.4) is 0 Å². The van der Waals surface area contributed by atoms with Crippen molar-refractivity contribution in [2.45, 2.75) is 62.6 Å². The normalized spacial score (nSPS) is 14.1. The summed E-state index contributed by atoms with van der Waals surface area (Å²) < 4.78 is 34.0. The van der Waals surface area contributed by atoms with Crippen LogP contribution in [0.25, 0.3) is 0 Å². The van der Waals surface area contributed by atoms with Crippen molar-refractivity contribution in [1.29, 1.82) is 0 Å². The minimum atomic E-state index is -4.34. The van der Waals surface area contributed by atoms with Gasteiger partial charge in [-0.05, 0) is 55.2 Å². The van der Waals surface area contributed by atoms with Crippen LogP contribution in [0.15, 0.2) is 83.8 Å².